The van der Waals surface area contributed by atoms with Crippen LogP contribution in [0.1, 0.15) is 52.9 Å². The van der Waals surface area contributed by atoms with Gasteiger partial charge in [0.25, 0.3) is 0 Å². The Morgan fingerprint density at radius 1 is 1.32 bits per heavy atom. The second-order valence-corrected chi connectivity index (χ2v) is 7.08. The molecule has 2 rings (SSSR count). The molecule has 1 atom stereocenters. The minimum absolute atomic E-state index is 0.0861. The number of ether oxygens (including phenoxy) is 1. The first-order valence-electron chi connectivity index (χ1n) is 6.89. The molecular formula is C13H25N5O. The smallest absolute Gasteiger partial charge is 0.171 e. The summed E-state index contributed by atoms with van der Waals surface area (Å²) in [4.78, 5) is 0. The molecule has 2 heterocycles. The molecule has 0 bridgehead atoms. The number of hydrogen-bond acceptors (Lipinski definition) is 5. The molecule has 1 aliphatic heterocycles. The predicted octanol–water partition coefficient (Wildman–Crippen LogP) is 1.51. The van der Waals surface area contributed by atoms with E-state index in [4.69, 9.17) is 4.74 Å². The van der Waals surface area contributed by atoms with E-state index >= 15 is 0 Å². The summed E-state index contributed by atoms with van der Waals surface area (Å²) >= 11 is 0. The van der Waals surface area contributed by atoms with Crippen molar-refractivity contribution in [3.63, 3.8) is 0 Å². The lowest BCUT2D eigenvalue weighted by Crippen LogP contribution is -2.40. The Kier molecular flexibility index (Phi) is 3.92. The molecule has 0 aliphatic carbocycles. The molecule has 19 heavy (non-hydrogen) atoms. The van der Waals surface area contributed by atoms with Crippen molar-refractivity contribution in [1.29, 1.82) is 0 Å². The van der Waals surface area contributed by atoms with Gasteiger partial charge in [0.2, 0.25) is 0 Å². The first-order valence-corrected chi connectivity index (χ1v) is 6.89. The summed E-state index contributed by atoms with van der Waals surface area (Å²) in [7, 11) is 0. The number of nitrogens with zero attached hydrogens (tertiary/aromatic N) is 4. The molecule has 0 unspecified atom stereocenters. The van der Waals surface area contributed by atoms with E-state index in [0.717, 1.165) is 25.4 Å². The van der Waals surface area contributed by atoms with Crippen molar-refractivity contribution in [2.45, 2.75) is 52.6 Å². The molecule has 1 aromatic rings. The van der Waals surface area contributed by atoms with Gasteiger partial charge in [0, 0.05) is 6.54 Å². The number of morpholine rings is 1. The predicted molar refractivity (Wildman–Crippen MR) is 72.8 cm³/mol. The summed E-state index contributed by atoms with van der Waals surface area (Å²) in [5, 5.41) is 15.7. The number of aromatic nitrogens is 4. The molecule has 6 nitrogen and oxygen atoms in total. The number of nitrogens with one attached hydrogen (secondary N) is 1. The van der Waals surface area contributed by atoms with E-state index in [1.54, 1.807) is 0 Å². The van der Waals surface area contributed by atoms with Gasteiger partial charge in [-0.15, -0.1) is 5.10 Å². The van der Waals surface area contributed by atoms with Gasteiger partial charge in [-0.25, -0.2) is 4.68 Å². The van der Waals surface area contributed by atoms with Gasteiger partial charge in [-0.3, -0.25) is 0 Å². The third-order valence-electron chi connectivity index (χ3n) is 3.26. The van der Waals surface area contributed by atoms with E-state index in [0.29, 0.717) is 6.61 Å². The monoisotopic (exact) mass is 267 g/mol. The maximum Gasteiger partial charge on any atom is 0.171 e. The van der Waals surface area contributed by atoms with Crippen LogP contribution in [0, 0.1) is 5.41 Å². The minimum Gasteiger partial charge on any atom is -0.378 e. The highest BCUT2D eigenvalue weighted by Crippen LogP contribution is 2.33. The van der Waals surface area contributed by atoms with E-state index in [2.05, 4.69) is 55.5 Å². The lowest BCUT2D eigenvalue weighted by molar-refractivity contribution is 0.0691. The zero-order chi connectivity index (χ0) is 14.1. The SMILES string of the molecule is CC(C)(C)CC(C)(C)n1nnnc1[C@@H]1COCCN1. The molecule has 0 spiro atoms. The van der Waals surface area contributed by atoms with Gasteiger partial charge in [-0.05, 0) is 36.1 Å². The molecule has 0 aromatic carbocycles. The van der Waals surface area contributed by atoms with E-state index in [1.165, 1.54) is 0 Å². The second-order valence-electron chi connectivity index (χ2n) is 7.08. The largest absolute Gasteiger partial charge is 0.378 e. The molecule has 0 saturated carbocycles. The molecule has 1 N–H and O–H groups in total. The highest BCUT2D eigenvalue weighted by Gasteiger charge is 2.33. The zero-order valence-electron chi connectivity index (χ0n) is 12.6. The van der Waals surface area contributed by atoms with Crippen molar-refractivity contribution >= 4 is 0 Å². The van der Waals surface area contributed by atoms with Gasteiger partial charge in [0.15, 0.2) is 5.82 Å². The van der Waals surface area contributed by atoms with Gasteiger partial charge < -0.3 is 10.1 Å². The first kappa shape index (κ1) is 14.4. The van der Waals surface area contributed by atoms with E-state index in [9.17, 15) is 0 Å². The van der Waals surface area contributed by atoms with Crippen LogP contribution in [0.15, 0.2) is 0 Å². The Morgan fingerprint density at radius 2 is 2.05 bits per heavy atom. The van der Waals surface area contributed by atoms with E-state index in [-0.39, 0.29) is 17.0 Å². The van der Waals surface area contributed by atoms with E-state index < -0.39 is 0 Å². The summed E-state index contributed by atoms with van der Waals surface area (Å²) in [6.45, 7) is 13.3. The van der Waals surface area contributed by atoms with Crippen molar-refractivity contribution in [3.05, 3.63) is 5.82 Å². The summed E-state index contributed by atoms with van der Waals surface area (Å²) in [5.74, 6) is 0.869. The molecule has 1 aliphatic rings. The van der Waals surface area contributed by atoms with Gasteiger partial charge in [0.1, 0.15) is 0 Å². The van der Waals surface area contributed by atoms with Crippen LogP contribution < -0.4 is 5.32 Å². The van der Waals surface area contributed by atoms with Gasteiger partial charge in [-0.1, -0.05) is 20.8 Å². The summed E-state index contributed by atoms with van der Waals surface area (Å²) in [6, 6.07) is 0.0861. The van der Waals surface area contributed by atoms with Crippen LogP contribution in [0.5, 0.6) is 0 Å². The Hall–Kier alpha value is -1.01. The van der Waals surface area contributed by atoms with Crippen molar-refractivity contribution in [1.82, 2.24) is 25.5 Å². The third-order valence-corrected chi connectivity index (χ3v) is 3.26. The Labute approximate surface area is 114 Å². The molecule has 6 heteroatoms. The van der Waals surface area contributed by atoms with Crippen LogP contribution in [-0.2, 0) is 10.3 Å². The normalized spacial score (nSPS) is 21.6. The minimum atomic E-state index is -0.115. The average Bonchev–Trinajstić information content (AvgIpc) is 2.76. The fraction of sp³-hybridized carbons (Fsp3) is 0.923. The van der Waals surface area contributed by atoms with Crippen molar-refractivity contribution in [2.24, 2.45) is 5.41 Å². The maximum absolute atomic E-state index is 5.50. The zero-order valence-corrected chi connectivity index (χ0v) is 12.6. The fourth-order valence-electron chi connectivity index (χ4n) is 2.95. The number of rotatable bonds is 3. The Morgan fingerprint density at radius 3 is 2.63 bits per heavy atom. The molecule has 108 valence electrons. The molecule has 1 fully saturated rings. The molecule has 0 radical (unpaired) electrons. The van der Waals surface area contributed by atoms with E-state index in [1.807, 2.05) is 4.68 Å². The molecule has 1 saturated heterocycles. The molecular weight excluding hydrogens is 242 g/mol. The quantitative estimate of drug-likeness (QED) is 0.899. The van der Waals surface area contributed by atoms with Crippen molar-refractivity contribution in [2.75, 3.05) is 19.8 Å². The molecule has 1 aromatic heterocycles. The third kappa shape index (κ3) is 3.51. The first-order chi connectivity index (χ1) is 8.80. The van der Waals surface area contributed by atoms with Crippen LogP contribution in [0.3, 0.4) is 0 Å². The number of hydrogen-bond donors (Lipinski definition) is 1. The van der Waals surface area contributed by atoms with Crippen molar-refractivity contribution < 1.29 is 4.74 Å². The van der Waals surface area contributed by atoms with Crippen molar-refractivity contribution in [3.8, 4) is 0 Å². The lowest BCUT2D eigenvalue weighted by Gasteiger charge is -2.34. The van der Waals surface area contributed by atoms with Crippen LogP contribution >= 0.6 is 0 Å². The highest BCUT2D eigenvalue weighted by molar-refractivity contribution is 4.98. The van der Waals surface area contributed by atoms with Gasteiger partial charge in [0.05, 0.1) is 24.8 Å². The summed E-state index contributed by atoms with van der Waals surface area (Å²) in [5.41, 5.74) is 0.111. The Balaban J connectivity index is 2.22. The summed E-state index contributed by atoms with van der Waals surface area (Å²) in [6.07, 6.45) is 1.01. The topological polar surface area (TPSA) is 64.9 Å². The standard InChI is InChI=1S/C13H25N5O/c1-12(2,3)9-13(4,5)18-11(15-16-17-18)10-8-19-7-6-14-10/h10,14H,6-9H2,1-5H3/t10-/m0/s1. The lowest BCUT2D eigenvalue weighted by atomic mass is 9.82. The van der Waals surface area contributed by atoms with Crippen LogP contribution in [0.2, 0.25) is 0 Å². The van der Waals surface area contributed by atoms with Gasteiger partial charge in [-0.2, -0.15) is 0 Å². The number of tetrazole rings is 1. The fourth-order valence-corrected chi connectivity index (χ4v) is 2.95. The Bertz CT molecular complexity index is 415. The molecule has 0 amide bonds. The summed E-state index contributed by atoms with van der Waals surface area (Å²) < 4.78 is 7.45. The van der Waals surface area contributed by atoms with Crippen LogP contribution in [-0.4, -0.2) is 40.0 Å². The maximum atomic E-state index is 5.50. The average molecular weight is 267 g/mol. The second kappa shape index (κ2) is 5.17. The van der Waals surface area contributed by atoms with Crippen LogP contribution in [0.4, 0.5) is 0 Å². The van der Waals surface area contributed by atoms with Gasteiger partial charge >= 0.3 is 0 Å². The highest BCUT2D eigenvalue weighted by atomic mass is 16.5. The van der Waals surface area contributed by atoms with Crippen LogP contribution in [0.25, 0.3) is 0 Å².